The van der Waals surface area contributed by atoms with Gasteiger partial charge in [0.05, 0.1) is 25.2 Å². The maximum atomic E-state index is 12.2. The van der Waals surface area contributed by atoms with Crippen LogP contribution in [0.1, 0.15) is 23.5 Å². The monoisotopic (exact) mass is 367 g/mol. The fourth-order valence-electron chi connectivity index (χ4n) is 3.91. The second kappa shape index (κ2) is 7.40. The fraction of sp³-hybridized carbons (Fsp3) is 0.333. The number of fused-ring (bicyclic) bond motifs is 3. The molecule has 6 nitrogen and oxygen atoms in total. The van der Waals surface area contributed by atoms with Gasteiger partial charge in [-0.25, -0.2) is 4.79 Å². The molecule has 0 spiro atoms. The van der Waals surface area contributed by atoms with E-state index in [1.54, 1.807) is 0 Å². The molecule has 27 heavy (non-hydrogen) atoms. The number of amides is 1. The highest BCUT2D eigenvalue weighted by Gasteiger charge is 2.31. The van der Waals surface area contributed by atoms with E-state index in [4.69, 9.17) is 14.6 Å². The van der Waals surface area contributed by atoms with Crippen LogP contribution >= 0.6 is 0 Å². The van der Waals surface area contributed by atoms with E-state index in [1.807, 2.05) is 24.3 Å². The largest absolute Gasteiger partial charge is 0.481 e. The van der Waals surface area contributed by atoms with E-state index in [2.05, 4.69) is 29.6 Å². The average molecular weight is 367 g/mol. The lowest BCUT2D eigenvalue weighted by atomic mass is 9.98. The van der Waals surface area contributed by atoms with Gasteiger partial charge in [-0.2, -0.15) is 0 Å². The number of hydrogen-bond acceptors (Lipinski definition) is 4. The van der Waals surface area contributed by atoms with Crippen molar-refractivity contribution in [2.45, 2.75) is 18.4 Å². The number of carboxylic acid groups (broad SMARTS) is 1. The molecule has 1 aliphatic carbocycles. The van der Waals surface area contributed by atoms with Crippen LogP contribution in [0.25, 0.3) is 11.1 Å². The number of carbonyl (C=O) groups is 2. The first kappa shape index (κ1) is 17.5. The number of nitrogens with one attached hydrogen (secondary N) is 1. The van der Waals surface area contributed by atoms with Gasteiger partial charge >= 0.3 is 12.1 Å². The first-order chi connectivity index (χ1) is 13.1. The van der Waals surface area contributed by atoms with E-state index in [0.29, 0.717) is 13.0 Å². The van der Waals surface area contributed by atoms with Crippen LogP contribution in [0, 0.1) is 5.92 Å². The van der Waals surface area contributed by atoms with Gasteiger partial charge in [-0.3, -0.25) is 4.79 Å². The predicted molar refractivity (Wildman–Crippen MR) is 98.6 cm³/mol. The molecule has 4 rings (SSSR count). The predicted octanol–water partition coefficient (Wildman–Crippen LogP) is 3.01. The maximum absolute atomic E-state index is 12.2. The molecule has 1 aliphatic heterocycles. The van der Waals surface area contributed by atoms with Gasteiger partial charge in [0, 0.05) is 5.92 Å². The summed E-state index contributed by atoms with van der Waals surface area (Å²) in [4.78, 5) is 23.3. The van der Waals surface area contributed by atoms with Crippen LogP contribution in [-0.4, -0.2) is 43.0 Å². The Hall–Kier alpha value is -2.86. The summed E-state index contributed by atoms with van der Waals surface area (Å²) in [5.74, 6) is -1.51. The summed E-state index contributed by atoms with van der Waals surface area (Å²) >= 11 is 0. The van der Waals surface area contributed by atoms with Crippen LogP contribution < -0.4 is 5.32 Å². The number of ether oxygens (including phenoxy) is 2. The Balaban J connectivity index is 1.40. The third kappa shape index (κ3) is 3.53. The maximum Gasteiger partial charge on any atom is 0.407 e. The average Bonchev–Trinajstić information content (AvgIpc) is 3.00. The summed E-state index contributed by atoms with van der Waals surface area (Å²) < 4.78 is 10.8. The van der Waals surface area contributed by atoms with Crippen molar-refractivity contribution in [2.24, 2.45) is 5.92 Å². The van der Waals surface area contributed by atoms with Gasteiger partial charge in [0.25, 0.3) is 0 Å². The summed E-state index contributed by atoms with van der Waals surface area (Å²) in [6.45, 7) is 0.710. The number of carbonyl (C=O) groups excluding carboxylic acids is 1. The molecule has 0 unspecified atom stereocenters. The van der Waals surface area contributed by atoms with E-state index in [1.165, 1.54) is 11.1 Å². The molecule has 0 bridgehead atoms. The molecule has 0 radical (unpaired) electrons. The van der Waals surface area contributed by atoms with Crippen molar-refractivity contribution in [3.05, 3.63) is 59.7 Å². The first-order valence-electron chi connectivity index (χ1n) is 9.05. The van der Waals surface area contributed by atoms with Crippen molar-refractivity contribution in [3.63, 3.8) is 0 Å². The normalized spacial score (nSPS) is 21.2. The van der Waals surface area contributed by atoms with E-state index >= 15 is 0 Å². The summed E-state index contributed by atoms with van der Waals surface area (Å²) in [5, 5.41) is 11.8. The van der Waals surface area contributed by atoms with Gasteiger partial charge in [-0.1, -0.05) is 48.5 Å². The van der Waals surface area contributed by atoms with Gasteiger partial charge in [0.15, 0.2) is 0 Å². The third-order valence-corrected chi connectivity index (χ3v) is 5.22. The SMILES string of the molecule is O=C(N[C@H]1COC[C@@H](C(=O)O)C1)OCC1c2ccccc2-c2ccccc21. The summed E-state index contributed by atoms with van der Waals surface area (Å²) in [5.41, 5.74) is 4.65. The second-order valence-corrected chi connectivity index (χ2v) is 6.98. The molecular formula is C21H21NO5. The van der Waals surface area contributed by atoms with Crippen LogP contribution in [0.2, 0.25) is 0 Å². The van der Waals surface area contributed by atoms with Crippen LogP contribution in [0.5, 0.6) is 0 Å². The lowest BCUT2D eigenvalue weighted by molar-refractivity contribution is -0.146. The number of alkyl carbamates (subject to hydrolysis) is 1. The zero-order valence-electron chi connectivity index (χ0n) is 14.8. The molecule has 0 saturated carbocycles. The number of aliphatic carboxylic acids is 1. The highest BCUT2D eigenvalue weighted by Crippen LogP contribution is 2.44. The summed E-state index contributed by atoms with van der Waals surface area (Å²) in [6, 6.07) is 15.9. The minimum Gasteiger partial charge on any atom is -0.481 e. The molecular weight excluding hydrogens is 346 g/mol. The Labute approximate surface area is 157 Å². The number of hydrogen-bond donors (Lipinski definition) is 2. The minimum atomic E-state index is -0.908. The molecule has 2 aliphatic rings. The quantitative estimate of drug-likeness (QED) is 0.868. The van der Waals surface area contributed by atoms with Crippen LogP contribution in [-0.2, 0) is 14.3 Å². The van der Waals surface area contributed by atoms with Gasteiger partial charge in [0.2, 0.25) is 0 Å². The van der Waals surface area contributed by atoms with Crippen molar-refractivity contribution in [1.29, 1.82) is 0 Å². The molecule has 1 amide bonds. The highest BCUT2D eigenvalue weighted by atomic mass is 16.5. The Morgan fingerprint density at radius 1 is 1.04 bits per heavy atom. The van der Waals surface area contributed by atoms with Gasteiger partial charge in [-0.05, 0) is 28.7 Å². The molecule has 2 aromatic carbocycles. The first-order valence-corrected chi connectivity index (χ1v) is 9.05. The lowest BCUT2D eigenvalue weighted by Gasteiger charge is -2.27. The molecule has 2 N–H and O–H groups in total. The number of rotatable bonds is 4. The molecule has 1 heterocycles. The Bertz CT molecular complexity index is 820. The molecule has 2 aromatic rings. The van der Waals surface area contributed by atoms with Crippen molar-refractivity contribution in [1.82, 2.24) is 5.32 Å². The van der Waals surface area contributed by atoms with Crippen molar-refractivity contribution in [3.8, 4) is 11.1 Å². The zero-order valence-corrected chi connectivity index (χ0v) is 14.8. The van der Waals surface area contributed by atoms with E-state index < -0.39 is 18.0 Å². The lowest BCUT2D eigenvalue weighted by Crippen LogP contribution is -2.45. The highest BCUT2D eigenvalue weighted by molar-refractivity contribution is 5.79. The number of benzene rings is 2. The summed E-state index contributed by atoms with van der Waals surface area (Å²) in [7, 11) is 0. The van der Waals surface area contributed by atoms with Crippen LogP contribution in [0.3, 0.4) is 0 Å². The second-order valence-electron chi connectivity index (χ2n) is 6.98. The Kier molecular flexibility index (Phi) is 4.81. The molecule has 1 fully saturated rings. The van der Waals surface area contributed by atoms with E-state index in [9.17, 15) is 9.59 Å². The molecule has 6 heteroatoms. The molecule has 2 atom stereocenters. The van der Waals surface area contributed by atoms with Gasteiger partial charge in [-0.15, -0.1) is 0 Å². The van der Waals surface area contributed by atoms with Crippen LogP contribution in [0.15, 0.2) is 48.5 Å². The Morgan fingerprint density at radius 2 is 1.67 bits per heavy atom. The smallest absolute Gasteiger partial charge is 0.407 e. The Morgan fingerprint density at radius 3 is 2.30 bits per heavy atom. The van der Waals surface area contributed by atoms with Crippen molar-refractivity contribution < 1.29 is 24.2 Å². The van der Waals surface area contributed by atoms with Crippen molar-refractivity contribution >= 4 is 12.1 Å². The van der Waals surface area contributed by atoms with Gasteiger partial charge < -0.3 is 19.9 Å². The van der Waals surface area contributed by atoms with Gasteiger partial charge in [0.1, 0.15) is 6.61 Å². The van der Waals surface area contributed by atoms with E-state index in [-0.39, 0.29) is 25.2 Å². The minimum absolute atomic E-state index is 0.00229. The molecule has 140 valence electrons. The standard InChI is InChI=1S/C21H21NO5/c23-20(24)13-9-14(11-26-10-13)22-21(25)27-12-19-17-7-3-1-5-15(17)16-6-2-4-8-18(16)19/h1-8,13-14,19H,9-12H2,(H,22,25)(H,23,24)/t13-,14+/m0/s1. The van der Waals surface area contributed by atoms with Crippen molar-refractivity contribution in [2.75, 3.05) is 19.8 Å². The third-order valence-electron chi connectivity index (χ3n) is 5.22. The number of carboxylic acids is 1. The zero-order chi connectivity index (χ0) is 18.8. The summed E-state index contributed by atoms with van der Waals surface area (Å²) in [6.07, 6.45) is -0.198. The topological polar surface area (TPSA) is 84.9 Å². The van der Waals surface area contributed by atoms with Crippen LogP contribution in [0.4, 0.5) is 4.79 Å². The molecule has 0 aromatic heterocycles. The molecule has 1 saturated heterocycles. The fourth-order valence-corrected chi connectivity index (χ4v) is 3.91. The van der Waals surface area contributed by atoms with E-state index in [0.717, 1.165) is 11.1 Å².